The van der Waals surface area contributed by atoms with E-state index in [1.54, 1.807) is 0 Å². The van der Waals surface area contributed by atoms with Crippen LogP contribution < -0.4 is 0 Å². The number of halogens is 1. The molecule has 0 spiro atoms. The van der Waals surface area contributed by atoms with Gasteiger partial charge in [-0.05, 0) is 17.7 Å². The number of nitrogens with zero attached hydrogens (tertiary/aromatic N) is 1. The number of aliphatic hydroxyl groups is 1. The summed E-state index contributed by atoms with van der Waals surface area (Å²) in [5.74, 6) is -2.62. The zero-order chi connectivity index (χ0) is 13.0. The molecule has 0 bridgehead atoms. The number of aliphatic hydroxyl groups excluding tert-OH is 1. The van der Waals surface area contributed by atoms with Crippen molar-refractivity contribution in [1.29, 1.82) is 0 Å². The Kier molecular flexibility index (Phi) is 4.30. The number of hydroxylamine groups is 2. The summed E-state index contributed by atoms with van der Waals surface area (Å²) in [7, 11) is 1.01. The zero-order valence-corrected chi connectivity index (χ0v) is 9.13. The normalized spacial score (nSPS) is 12.0. The standard InChI is InChI=1S/C11H12FNO4/c1-13(17)11(16)10(15)6-9(14)7-3-2-4-8(12)5-7/h2-5,9,14,17H,6H2,1H3. The predicted molar refractivity (Wildman–Crippen MR) is 55.5 cm³/mol. The summed E-state index contributed by atoms with van der Waals surface area (Å²) in [6.07, 6.45) is -1.78. The first-order valence-electron chi connectivity index (χ1n) is 4.85. The van der Waals surface area contributed by atoms with E-state index < -0.39 is 30.0 Å². The molecular formula is C11H12FNO4. The van der Waals surface area contributed by atoms with Crippen LogP contribution in [0.15, 0.2) is 24.3 Å². The molecule has 0 aliphatic carbocycles. The number of likely N-dealkylation sites (N-methyl/N-ethyl adjacent to an activating group) is 1. The van der Waals surface area contributed by atoms with Crippen molar-refractivity contribution in [3.63, 3.8) is 0 Å². The van der Waals surface area contributed by atoms with Gasteiger partial charge in [-0.15, -0.1) is 0 Å². The second kappa shape index (κ2) is 5.51. The van der Waals surface area contributed by atoms with Crippen molar-refractivity contribution in [2.75, 3.05) is 7.05 Å². The van der Waals surface area contributed by atoms with E-state index in [1.165, 1.54) is 18.2 Å². The highest BCUT2D eigenvalue weighted by Gasteiger charge is 2.21. The lowest BCUT2D eigenvalue weighted by molar-refractivity contribution is -0.166. The van der Waals surface area contributed by atoms with Crippen LogP contribution in [0.2, 0.25) is 0 Å². The molecule has 6 heteroatoms. The molecule has 1 aromatic carbocycles. The summed E-state index contributed by atoms with van der Waals surface area (Å²) in [5, 5.41) is 18.5. The molecule has 92 valence electrons. The first-order chi connectivity index (χ1) is 7.91. The Hall–Kier alpha value is -1.79. The summed E-state index contributed by atoms with van der Waals surface area (Å²) < 4.78 is 12.8. The molecule has 0 heterocycles. The van der Waals surface area contributed by atoms with Gasteiger partial charge in [0.2, 0.25) is 5.78 Å². The third kappa shape index (κ3) is 3.61. The monoisotopic (exact) mass is 241 g/mol. The molecule has 1 amide bonds. The van der Waals surface area contributed by atoms with Crippen molar-refractivity contribution in [1.82, 2.24) is 5.06 Å². The number of ketones is 1. The summed E-state index contributed by atoms with van der Waals surface area (Å²) in [6.45, 7) is 0. The molecule has 0 fully saturated rings. The smallest absolute Gasteiger partial charge is 0.313 e. The number of amides is 1. The van der Waals surface area contributed by atoms with Gasteiger partial charge in [-0.2, -0.15) is 0 Å². The van der Waals surface area contributed by atoms with E-state index >= 15 is 0 Å². The van der Waals surface area contributed by atoms with Crippen LogP contribution in [0.1, 0.15) is 18.1 Å². The van der Waals surface area contributed by atoms with Crippen molar-refractivity contribution < 1.29 is 24.3 Å². The highest BCUT2D eigenvalue weighted by Crippen LogP contribution is 2.17. The molecule has 5 nitrogen and oxygen atoms in total. The Morgan fingerprint density at radius 2 is 2.12 bits per heavy atom. The van der Waals surface area contributed by atoms with E-state index in [4.69, 9.17) is 5.21 Å². The van der Waals surface area contributed by atoms with Crippen LogP contribution in [0.3, 0.4) is 0 Å². The number of carbonyl (C=O) groups is 2. The van der Waals surface area contributed by atoms with Gasteiger partial charge in [0.25, 0.3) is 0 Å². The van der Waals surface area contributed by atoms with Gasteiger partial charge in [-0.1, -0.05) is 12.1 Å². The van der Waals surface area contributed by atoms with Gasteiger partial charge in [0.05, 0.1) is 6.10 Å². The second-order valence-corrected chi connectivity index (χ2v) is 3.53. The molecule has 1 atom stereocenters. The van der Waals surface area contributed by atoms with E-state index in [0.29, 0.717) is 0 Å². The van der Waals surface area contributed by atoms with Gasteiger partial charge in [-0.3, -0.25) is 14.8 Å². The summed E-state index contributed by atoms with van der Waals surface area (Å²) in [6, 6.07) is 5.10. The molecule has 1 unspecified atom stereocenters. The van der Waals surface area contributed by atoms with Crippen LogP contribution in [0.5, 0.6) is 0 Å². The van der Waals surface area contributed by atoms with Gasteiger partial charge < -0.3 is 5.11 Å². The average molecular weight is 241 g/mol. The van der Waals surface area contributed by atoms with Crippen LogP contribution in [0.4, 0.5) is 4.39 Å². The maximum atomic E-state index is 12.8. The molecule has 0 saturated carbocycles. The minimum atomic E-state index is -1.28. The Labute approximate surface area is 97.0 Å². The molecule has 0 aliphatic rings. The van der Waals surface area contributed by atoms with Crippen LogP contribution in [0.25, 0.3) is 0 Å². The Morgan fingerprint density at radius 3 is 2.65 bits per heavy atom. The van der Waals surface area contributed by atoms with E-state index in [-0.39, 0.29) is 10.6 Å². The highest BCUT2D eigenvalue weighted by molar-refractivity contribution is 6.35. The van der Waals surface area contributed by atoms with Crippen molar-refractivity contribution in [3.8, 4) is 0 Å². The molecule has 2 N–H and O–H groups in total. The molecule has 0 aromatic heterocycles. The first kappa shape index (κ1) is 13.3. The summed E-state index contributed by atoms with van der Waals surface area (Å²) in [5.41, 5.74) is 0.201. The molecular weight excluding hydrogens is 229 g/mol. The fourth-order valence-corrected chi connectivity index (χ4v) is 1.28. The molecule has 0 radical (unpaired) electrons. The fraction of sp³-hybridized carbons (Fsp3) is 0.273. The van der Waals surface area contributed by atoms with Gasteiger partial charge >= 0.3 is 5.91 Å². The molecule has 0 saturated heterocycles. The third-order valence-corrected chi connectivity index (χ3v) is 2.14. The SMILES string of the molecule is CN(O)C(=O)C(=O)CC(O)c1cccc(F)c1. The van der Waals surface area contributed by atoms with Crippen molar-refractivity contribution in [2.45, 2.75) is 12.5 Å². The maximum Gasteiger partial charge on any atom is 0.313 e. The topological polar surface area (TPSA) is 77.8 Å². The van der Waals surface area contributed by atoms with E-state index in [2.05, 4.69) is 0 Å². The first-order valence-corrected chi connectivity index (χ1v) is 4.85. The van der Waals surface area contributed by atoms with Crippen LogP contribution >= 0.6 is 0 Å². The van der Waals surface area contributed by atoms with Crippen molar-refractivity contribution >= 4 is 11.7 Å². The van der Waals surface area contributed by atoms with Crippen molar-refractivity contribution in [3.05, 3.63) is 35.6 Å². The quantitative estimate of drug-likeness (QED) is 0.461. The van der Waals surface area contributed by atoms with E-state index in [9.17, 15) is 19.1 Å². The molecule has 17 heavy (non-hydrogen) atoms. The number of Topliss-reactive ketones (excluding diaryl/α,β-unsaturated/α-hetero) is 1. The lowest BCUT2D eigenvalue weighted by atomic mass is 10.0. The number of benzene rings is 1. The summed E-state index contributed by atoms with van der Waals surface area (Å²) in [4.78, 5) is 22.3. The fourth-order valence-electron chi connectivity index (χ4n) is 1.28. The largest absolute Gasteiger partial charge is 0.388 e. The molecule has 1 aromatic rings. The van der Waals surface area contributed by atoms with Crippen LogP contribution in [0, 0.1) is 5.82 Å². The Morgan fingerprint density at radius 1 is 1.47 bits per heavy atom. The lowest BCUT2D eigenvalue weighted by Crippen LogP contribution is -2.31. The van der Waals surface area contributed by atoms with Crippen LogP contribution in [-0.4, -0.2) is 34.1 Å². The minimum Gasteiger partial charge on any atom is -0.388 e. The molecule has 1 rings (SSSR count). The lowest BCUT2D eigenvalue weighted by Gasteiger charge is -2.11. The minimum absolute atomic E-state index is 0.140. The number of carbonyl (C=O) groups excluding carboxylic acids is 2. The second-order valence-electron chi connectivity index (χ2n) is 3.53. The summed E-state index contributed by atoms with van der Waals surface area (Å²) >= 11 is 0. The highest BCUT2D eigenvalue weighted by atomic mass is 19.1. The van der Waals surface area contributed by atoms with Gasteiger partial charge in [0.15, 0.2) is 0 Å². The zero-order valence-electron chi connectivity index (χ0n) is 9.13. The Balaban J connectivity index is 2.70. The van der Waals surface area contributed by atoms with Crippen LogP contribution in [-0.2, 0) is 9.59 Å². The number of hydrogen-bond acceptors (Lipinski definition) is 4. The molecule has 0 aliphatic heterocycles. The van der Waals surface area contributed by atoms with Gasteiger partial charge in [0.1, 0.15) is 5.82 Å². The van der Waals surface area contributed by atoms with E-state index in [1.807, 2.05) is 0 Å². The Bertz CT molecular complexity index is 433. The predicted octanol–water partition coefficient (Wildman–Crippen LogP) is 0.666. The average Bonchev–Trinajstić information content (AvgIpc) is 2.27. The third-order valence-electron chi connectivity index (χ3n) is 2.14. The van der Waals surface area contributed by atoms with Crippen molar-refractivity contribution in [2.24, 2.45) is 0 Å². The maximum absolute atomic E-state index is 12.8. The van der Waals surface area contributed by atoms with Gasteiger partial charge in [0, 0.05) is 13.5 Å². The number of hydrogen-bond donors (Lipinski definition) is 2. The van der Waals surface area contributed by atoms with E-state index in [0.717, 1.165) is 13.1 Å². The van der Waals surface area contributed by atoms with Gasteiger partial charge in [-0.25, -0.2) is 9.45 Å². The number of rotatable bonds is 4.